The molecule has 1 aromatic heterocycles. The molecule has 0 aliphatic rings. The average Bonchev–Trinajstić information content (AvgIpc) is 2.74. The number of aliphatic hydroxyl groups is 1. The van der Waals surface area contributed by atoms with Crippen molar-refractivity contribution >= 4 is 11.6 Å². The van der Waals surface area contributed by atoms with Crippen molar-refractivity contribution in [3.8, 4) is 0 Å². The summed E-state index contributed by atoms with van der Waals surface area (Å²) in [5, 5.41) is 17.7. The van der Waals surface area contributed by atoms with Gasteiger partial charge < -0.3 is 10.4 Å². The molecule has 110 valence electrons. The molecular weight excluding hydrogens is 262 g/mol. The number of nitrogens with one attached hydrogen (secondary N) is 1. The van der Waals surface area contributed by atoms with Gasteiger partial charge in [-0.15, -0.1) is 0 Å². The van der Waals surface area contributed by atoms with Crippen molar-refractivity contribution in [3.05, 3.63) is 16.4 Å². The molecule has 2 N–H and O–H groups in total. The van der Waals surface area contributed by atoms with Gasteiger partial charge in [0, 0.05) is 19.7 Å². The van der Waals surface area contributed by atoms with Gasteiger partial charge in [-0.3, -0.25) is 4.68 Å². The van der Waals surface area contributed by atoms with E-state index in [-0.39, 0.29) is 6.61 Å². The van der Waals surface area contributed by atoms with E-state index in [4.69, 9.17) is 16.7 Å². The predicted molar refractivity (Wildman–Crippen MR) is 79.5 cm³/mol. The van der Waals surface area contributed by atoms with E-state index in [0.29, 0.717) is 5.92 Å². The highest BCUT2D eigenvalue weighted by molar-refractivity contribution is 6.31. The Labute approximate surface area is 121 Å². The van der Waals surface area contributed by atoms with Gasteiger partial charge in [-0.05, 0) is 32.2 Å². The summed E-state index contributed by atoms with van der Waals surface area (Å²) >= 11 is 6.36. The minimum absolute atomic E-state index is 0.258. The molecule has 0 radical (unpaired) electrons. The number of rotatable bonds is 9. The van der Waals surface area contributed by atoms with Gasteiger partial charge in [-0.1, -0.05) is 31.9 Å². The molecule has 0 saturated heterocycles. The number of hydrogen-bond donors (Lipinski definition) is 2. The summed E-state index contributed by atoms with van der Waals surface area (Å²) in [4.78, 5) is 0. The molecule has 1 aromatic rings. The van der Waals surface area contributed by atoms with E-state index in [9.17, 15) is 0 Å². The molecular formula is C14H26ClN3O. The molecule has 5 heteroatoms. The maximum absolute atomic E-state index is 8.98. The smallest absolute Gasteiger partial charge is 0.0863 e. The lowest BCUT2D eigenvalue weighted by Gasteiger charge is -2.14. The Morgan fingerprint density at radius 1 is 1.37 bits per heavy atom. The van der Waals surface area contributed by atoms with Crippen LogP contribution < -0.4 is 5.32 Å². The Morgan fingerprint density at radius 2 is 2.11 bits per heavy atom. The third-order valence-corrected chi connectivity index (χ3v) is 3.97. The predicted octanol–water partition coefficient (Wildman–Crippen LogP) is 2.62. The van der Waals surface area contributed by atoms with Crippen LogP contribution in [0.4, 0.5) is 0 Å². The lowest BCUT2D eigenvalue weighted by atomic mass is 10.0. The number of halogens is 1. The van der Waals surface area contributed by atoms with E-state index in [0.717, 1.165) is 55.3 Å². The highest BCUT2D eigenvalue weighted by Crippen LogP contribution is 2.21. The van der Waals surface area contributed by atoms with E-state index in [1.54, 1.807) is 0 Å². The quantitative estimate of drug-likeness (QED) is 0.734. The molecule has 0 aliphatic carbocycles. The Balaban J connectivity index is 2.59. The molecule has 1 atom stereocenters. The minimum atomic E-state index is 0.258. The summed E-state index contributed by atoms with van der Waals surface area (Å²) in [6.45, 7) is 9.04. The maximum atomic E-state index is 8.98. The molecule has 0 fully saturated rings. The second-order valence-corrected chi connectivity index (χ2v) is 5.17. The van der Waals surface area contributed by atoms with Crippen LogP contribution in [-0.4, -0.2) is 28.0 Å². The molecule has 4 nitrogen and oxygen atoms in total. The molecule has 0 aliphatic heterocycles. The van der Waals surface area contributed by atoms with Gasteiger partial charge in [-0.2, -0.15) is 5.10 Å². The first kappa shape index (κ1) is 16.5. The van der Waals surface area contributed by atoms with Crippen molar-refractivity contribution in [1.29, 1.82) is 0 Å². The molecule has 1 heterocycles. The van der Waals surface area contributed by atoms with Crippen LogP contribution in [0.3, 0.4) is 0 Å². The summed E-state index contributed by atoms with van der Waals surface area (Å²) in [5.41, 5.74) is 2.04. The van der Waals surface area contributed by atoms with Crippen molar-refractivity contribution in [2.75, 3.05) is 13.2 Å². The first-order valence-corrected chi connectivity index (χ1v) is 7.61. The lowest BCUT2D eigenvalue weighted by Crippen LogP contribution is -2.24. The van der Waals surface area contributed by atoms with E-state index in [1.165, 1.54) is 0 Å². The van der Waals surface area contributed by atoms with Crippen LogP contribution in [0.5, 0.6) is 0 Å². The van der Waals surface area contributed by atoms with Crippen LogP contribution in [0.2, 0.25) is 5.02 Å². The van der Waals surface area contributed by atoms with Crippen molar-refractivity contribution in [3.63, 3.8) is 0 Å². The molecule has 0 bridgehead atoms. The summed E-state index contributed by atoms with van der Waals surface area (Å²) < 4.78 is 1.97. The van der Waals surface area contributed by atoms with Crippen molar-refractivity contribution in [2.45, 2.75) is 53.1 Å². The highest BCUT2D eigenvalue weighted by Gasteiger charge is 2.14. The standard InChI is InChI=1S/C14H26ClN3O/c1-4-11(7-8-19)9-16-10-13-14(15)12(5-2)17-18(13)6-3/h11,16,19H,4-10H2,1-3H3. The highest BCUT2D eigenvalue weighted by atomic mass is 35.5. The first-order chi connectivity index (χ1) is 9.17. The number of aryl methyl sites for hydroxylation is 2. The zero-order valence-electron chi connectivity index (χ0n) is 12.2. The van der Waals surface area contributed by atoms with E-state index < -0.39 is 0 Å². The normalized spacial score (nSPS) is 12.9. The fraction of sp³-hybridized carbons (Fsp3) is 0.786. The molecule has 1 rings (SSSR count). The third kappa shape index (κ3) is 4.48. The Bertz CT molecular complexity index is 379. The third-order valence-electron chi connectivity index (χ3n) is 3.53. The van der Waals surface area contributed by atoms with E-state index >= 15 is 0 Å². The molecule has 0 spiro atoms. The minimum Gasteiger partial charge on any atom is -0.396 e. The van der Waals surface area contributed by atoms with Gasteiger partial charge in [0.05, 0.1) is 16.4 Å². The number of aliphatic hydroxyl groups excluding tert-OH is 1. The van der Waals surface area contributed by atoms with Crippen molar-refractivity contribution in [1.82, 2.24) is 15.1 Å². The summed E-state index contributed by atoms with van der Waals surface area (Å²) in [7, 11) is 0. The van der Waals surface area contributed by atoms with Gasteiger partial charge in [0.15, 0.2) is 0 Å². The zero-order chi connectivity index (χ0) is 14.3. The van der Waals surface area contributed by atoms with Crippen LogP contribution in [-0.2, 0) is 19.5 Å². The van der Waals surface area contributed by atoms with Crippen molar-refractivity contribution < 1.29 is 5.11 Å². The molecule has 19 heavy (non-hydrogen) atoms. The van der Waals surface area contributed by atoms with Gasteiger partial charge in [0.25, 0.3) is 0 Å². The maximum Gasteiger partial charge on any atom is 0.0863 e. The van der Waals surface area contributed by atoms with Gasteiger partial charge >= 0.3 is 0 Å². The lowest BCUT2D eigenvalue weighted by molar-refractivity contribution is 0.251. The van der Waals surface area contributed by atoms with Crippen molar-refractivity contribution in [2.24, 2.45) is 5.92 Å². The molecule has 0 aromatic carbocycles. The summed E-state index contributed by atoms with van der Waals surface area (Å²) in [6.07, 6.45) is 2.79. The number of nitrogens with zero attached hydrogens (tertiary/aromatic N) is 2. The summed E-state index contributed by atoms with van der Waals surface area (Å²) in [6, 6.07) is 0. The van der Waals surface area contributed by atoms with Gasteiger partial charge in [0.2, 0.25) is 0 Å². The van der Waals surface area contributed by atoms with Crippen LogP contribution in [0.25, 0.3) is 0 Å². The van der Waals surface area contributed by atoms with Gasteiger partial charge in [0.1, 0.15) is 0 Å². The fourth-order valence-corrected chi connectivity index (χ4v) is 2.55. The Kier molecular flexibility index (Phi) is 7.42. The molecule has 1 unspecified atom stereocenters. The van der Waals surface area contributed by atoms with Crippen LogP contribution in [0, 0.1) is 5.92 Å². The van der Waals surface area contributed by atoms with E-state index in [1.807, 2.05) is 4.68 Å². The van der Waals surface area contributed by atoms with Crippen LogP contribution >= 0.6 is 11.6 Å². The number of hydrogen-bond acceptors (Lipinski definition) is 3. The summed E-state index contributed by atoms with van der Waals surface area (Å²) in [5.74, 6) is 0.521. The topological polar surface area (TPSA) is 50.1 Å². The zero-order valence-corrected chi connectivity index (χ0v) is 13.0. The van der Waals surface area contributed by atoms with Crippen LogP contribution in [0.15, 0.2) is 0 Å². The first-order valence-electron chi connectivity index (χ1n) is 7.23. The Morgan fingerprint density at radius 3 is 2.63 bits per heavy atom. The number of aromatic nitrogens is 2. The molecule has 0 saturated carbocycles. The van der Waals surface area contributed by atoms with Gasteiger partial charge in [-0.25, -0.2) is 0 Å². The second-order valence-electron chi connectivity index (χ2n) is 4.79. The average molecular weight is 288 g/mol. The van der Waals surface area contributed by atoms with E-state index in [2.05, 4.69) is 31.2 Å². The second kappa shape index (κ2) is 8.56. The Hall–Kier alpha value is -0.580. The molecule has 0 amide bonds. The SMILES string of the molecule is CCc1nn(CC)c(CNCC(CC)CCO)c1Cl. The fourth-order valence-electron chi connectivity index (χ4n) is 2.21. The van der Waals surface area contributed by atoms with Crippen LogP contribution in [0.1, 0.15) is 45.0 Å². The largest absolute Gasteiger partial charge is 0.396 e. The monoisotopic (exact) mass is 287 g/mol.